The van der Waals surface area contributed by atoms with Crippen molar-refractivity contribution in [3.63, 3.8) is 0 Å². The van der Waals surface area contributed by atoms with Crippen LogP contribution in [-0.2, 0) is 4.79 Å². The molecule has 0 N–H and O–H groups in total. The van der Waals surface area contributed by atoms with Gasteiger partial charge >= 0.3 is 5.97 Å². The number of halogens is 1. The van der Waals surface area contributed by atoms with E-state index in [0.29, 0.717) is 18.1 Å². The summed E-state index contributed by atoms with van der Waals surface area (Å²) in [6.45, 7) is 0. The summed E-state index contributed by atoms with van der Waals surface area (Å²) in [4.78, 5) is 11.3. The lowest BCUT2D eigenvalue weighted by Gasteiger charge is -2.02. The second kappa shape index (κ2) is 4.13. The number of hydrogen-bond acceptors (Lipinski definition) is 2. The Labute approximate surface area is 91.4 Å². The molecule has 0 aliphatic heterocycles. The number of rotatable bonds is 3. The van der Waals surface area contributed by atoms with Crippen LogP contribution >= 0.6 is 15.9 Å². The van der Waals surface area contributed by atoms with Crippen molar-refractivity contribution in [2.24, 2.45) is 5.92 Å². The summed E-state index contributed by atoms with van der Waals surface area (Å²) in [6, 6.07) is 7.29. The molecule has 0 atom stereocenters. The summed E-state index contributed by atoms with van der Waals surface area (Å²) in [6.07, 6.45) is 2.92. The Morgan fingerprint density at radius 2 is 2.00 bits per heavy atom. The van der Waals surface area contributed by atoms with E-state index in [1.165, 1.54) is 12.8 Å². The van der Waals surface area contributed by atoms with Crippen LogP contribution in [0.2, 0.25) is 0 Å². The van der Waals surface area contributed by atoms with E-state index in [9.17, 15) is 4.79 Å². The van der Waals surface area contributed by atoms with Crippen molar-refractivity contribution in [1.29, 1.82) is 0 Å². The highest BCUT2D eigenvalue weighted by molar-refractivity contribution is 9.10. The number of esters is 1. The predicted octanol–water partition coefficient (Wildman–Crippen LogP) is 3.15. The van der Waals surface area contributed by atoms with Gasteiger partial charge in [0, 0.05) is 10.9 Å². The first-order valence-electron chi connectivity index (χ1n) is 4.70. The average molecular weight is 255 g/mol. The molecule has 0 unspecified atom stereocenters. The van der Waals surface area contributed by atoms with Gasteiger partial charge in [0.25, 0.3) is 0 Å². The van der Waals surface area contributed by atoms with Gasteiger partial charge < -0.3 is 4.74 Å². The van der Waals surface area contributed by atoms with Crippen LogP contribution in [0.3, 0.4) is 0 Å². The van der Waals surface area contributed by atoms with E-state index >= 15 is 0 Å². The molecule has 14 heavy (non-hydrogen) atoms. The highest BCUT2D eigenvalue weighted by atomic mass is 79.9. The predicted molar refractivity (Wildman–Crippen MR) is 57.1 cm³/mol. The Kier molecular flexibility index (Phi) is 2.87. The highest BCUT2D eigenvalue weighted by Crippen LogP contribution is 2.32. The zero-order chi connectivity index (χ0) is 9.97. The molecule has 0 aromatic heterocycles. The Morgan fingerprint density at radius 3 is 2.57 bits per heavy atom. The molecule has 1 aromatic rings. The zero-order valence-electron chi connectivity index (χ0n) is 7.70. The molecular formula is C11H11BrO2. The molecule has 74 valence electrons. The standard InChI is InChI=1S/C11H11BrO2/c12-9-3-5-10(6-4-9)14-11(13)7-8-1-2-8/h3-6,8H,1-2,7H2. The van der Waals surface area contributed by atoms with Crippen LogP contribution in [0, 0.1) is 5.92 Å². The van der Waals surface area contributed by atoms with Crippen molar-refractivity contribution in [2.45, 2.75) is 19.3 Å². The Bertz CT molecular complexity index is 328. The molecule has 1 aromatic carbocycles. The minimum atomic E-state index is -0.116. The fourth-order valence-corrected chi connectivity index (χ4v) is 1.50. The molecule has 0 heterocycles. The normalized spacial score (nSPS) is 15.2. The molecule has 0 radical (unpaired) electrons. The van der Waals surface area contributed by atoms with Crippen LogP contribution in [0.5, 0.6) is 5.75 Å². The molecule has 1 fully saturated rings. The quantitative estimate of drug-likeness (QED) is 0.612. The van der Waals surface area contributed by atoms with E-state index in [2.05, 4.69) is 15.9 Å². The first-order chi connectivity index (χ1) is 6.74. The van der Waals surface area contributed by atoms with Crippen LogP contribution in [0.1, 0.15) is 19.3 Å². The lowest BCUT2D eigenvalue weighted by molar-refractivity contribution is -0.134. The first-order valence-corrected chi connectivity index (χ1v) is 5.49. The molecule has 2 nitrogen and oxygen atoms in total. The summed E-state index contributed by atoms with van der Waals surface area (Å²) < 4.78 is 6.15. The maximum Gasteiger partial charge on any atom is 0.311 e. The van der Waals surface area contributed by atoms with Gasteiger partial charge in [-0.3, -0.25) is 4.79 Å². The molecule has 0 saturated heterocycles. The van der Waals surface area contributed by atoms with Crippen molar-refractivity contribution >= 4 is 21.9 Å². The SMILES string of the molecule is O=C(CC1CC1)Oc1ccc(Br)cc1. The molecule has 0 spiro atoms. The van der Waals surface area contributed by atoms with Crippen molar-refractivity contribution in [2.75, 3.05) is 0 Å². The van der Waals surface area contributed by atoms with Gasteiger partial charge in [0.1, 0.15) is 5.75 Å². The summed E-state index contributed by atoms with van der Waals surface area (Å²) in [5, 5.41) is 0. The third-order valence-corrected chi connectivity index (χ3v) is 2.73. The molecule has 2 rings (SSSR count). The van der Waals surface area contributed by atoms with Gasteiger partial charge in [0.05, 0.1) is 0 Å². The minimum absolute atomic E-state index is 0.116. The van der Waals surface area contributed by atoms with E-state index in [4.69, 9.17) is 4.74 Å². The van der Waals surface area contributed by atoms with Gasteiger partial charge in [-0.25, -0.2) is 0 Å². The smallest absolute Gasteiger partial charge is 0.311 e. The van der Waals surface area contributed by atoms with E-state index in [1.807, 2.05) is 12.1 Å². The van der Waals surface area contributed by atoms with Crippen molar-refractivity contribution < 1.29 is 9.53 Å². The molecular weight excluding hydrogens is 244 g/mol. The summed E-state index contributed by atoms with van der Waals surface area (Å²) >= 11 is 3.32. The van der Waals surface area contributed by atoms with Crippen molar-refractivity contribution in [3.05, 3.63) is 28.7 Å². The van der Waals surface area contributed by atoms with Crippen LogP contribution in [0.4, 0.5) is 0 Å². The second-order valence-corrected chi connectivity index (χ2v) is 4.49. The minimum Gasteiger partial charge on any atom is -0.427 e. The summed E-state index contributed by atoms with van der Waals surface area (Å²) in [5.41, 5.74) is 0. The molecule has 1 aliphatic carbocycles. The number of benzene rings is 1. The van der Waals surface area contributed by atoms with E-state index in [-0.39, 0.29) is 5.97 Å². The monoisotopic (exact) mass is 254 g/mol. The molecule has 1 aliphatic rings. The maximum atomic E-state index is 11.3. The fourth-order valence-electron chi connectivity index (χ4n) is 1.23. The maximum absolute atomic E-state index is 11.3. The largest absolute Gasteiger partial charge is 0.427 e. The number of carbonyl (C=O) groups is 1. The number of ether oxygens (including phenoxy) is 1. The van der Waals surface area contributed by atoms with E-state index in [1.54, 1.807) is 12.1 Å². The van der Waals surface area contributed by atoms with Gasteiger partial charge in [-0.2, -0.15) is 0 Å². The molecule has 0 amide bonds. The van der Waals surface area contributed by atoms with Crippen molar-refractivity contribution in [1.82, 2.24) is 0 Å². The van der Waals surface area contributed by atoms with Crippen molar-refractivity contribution in [3.8, 4) is 5.75 Å². The second-order valence-electron chi connectivity index (χ2n) is 3.58. The van der Waals surface area contributed by atoms with Gasteiger partial charge in [-0.15, -0.1) is 0 Å². The first kappa shape index (κ1) is 9.71. The average Bonchev–Trinajstić information content (AvgIpc) is 2.93. The Hall–Kier alpha value is -0.830. The zero-order valence-corrected chi connectivity index (χ0v) is 9.29. The Morgan fingerprint density at radius 1 is 1.36 bits per heavy atom. The Balaban J connectivity index is 1.89. The van der Waals surface area contributed by atoms with Crippen LogP contribution in [0.15, 0.2) is 28.7 Å². The highest BCUT2D eigenvalue weighted by Gasteiger charge is 2.25. The van der Waals surface area contributed by atoms with Gasteiger partial charge in [-0.05, 0) is 43.0 Å². The van der Waals surface area contributed by atoms with Crippen LogP contribution in [-0.4, -0.2) is 5.97 Å². The lowest BCUT2D eigenvalue weighted by atomic mass is 10.3. The number of carbonyl (C=O) groups excluding carboxylic acids is 1. The van der Waals surface area contributed by atoms with Gasteiger partial charge in [0.2, 0.25) is 0 Å². The molecule has 0 bridgehead atoms. The van der Waals surface area contributed by atoms with Gasteiger partial charge in [-0.1, -0.05) is 15.9 Å². The van der Waals surface area contributed by atoms with E-state index in [0.717, 1.165) is 4.47 Å². The molecule has 3 heteroatoms. The van der Waals surface area contributed by atoms with Crippen LogP contribution in [0.25, 0.3) is 0 Å². The summed E-state index contributed by atoms with van der Waals surface area (Å²) in [5.74, 6) is 1.09. The van der Waals surface area contributed by atoms with Gasteiger partial charge in [0.15, 0.2) is 0 Å². The fraction of sp³-hybridized carbons (Fsp3) is 0.364. The van der Waals surface area contributed by atoms with Crippen LogP contribution < -0.4 is 4.74 Å². The third kappa shape index (κ3) is 2.84. The third-order valence-electron chi connectivity index (χ3n) is 2.20. The topological polar surface area (TPSA) is 26.3 Å². The lowest BCUT2D eigenvalue weighted by Crippen LogP contribution is -2.08. The number of hydrogen-bond donors (Lipinski definition) is 0. The summed E-state index contributed by atoms with van der Waals surface area (Å²) in [7, 11) is 0. The molecule has 1 saturated carbocycles. The van der Waals surface area contributed by atoms with E-state index < -0.39 is 0 Å².